The van der Waals surface area contributed by atoms with Crippen molar-refractivity contribution < 1.29 is 34.2 Å². The Kier molecular flexibility index (Phi) is 17.9. The molecule has 5 rings (SSSR count). The maximum atomic E-state index is 14.0. The van der Waals surface area contributed by atoms with E-state index in [9.17, 15) is 34.2 Å². The number of aromatic carboxylic acids is 1. The van der Waals surface area contributed by atoms with Gasteiger partial charge in [-0.3, -0.25) is 19.3 Å². The number of nitrogens with one attached hydrogen (secondary N) is 2. The van der Waals surface area contributed by atoms with E-state index in [1.807, 2.05) is 42.5 Å². The molecule has 0 bridgehead atoms. The Morgan fingerprint density at radius 1 is 0.783 bits per heavy atom. The topological polar surface area (TPSA) is 162 Å². The molecule has 60 heavy (non-hydrogen) atoms. The minimum absolute atomic E-state index is 0. The van der Waals surface area contributed by atoms with Crippen molar-refractivity contribution in [1.29, 1.82) is 0 Å². The first-order valence-electron chi connectivity index (χ1n) is 20.6. The molecule has 13 heteroatoms. The summed E-state index contributed by atoms with van der Waals surface area (Å²) in [7, 11) is 1.74. The van der Waals surface area contributed by atoms with Gasteiger partial charge in [0.15, 0.2) is 0 Å². The van der Waals surface area contributed by atoms with Gasteiger partial charge in [0.25, 0.3) is 11.8 Å². The molecule has 0 saturated heterocycles. The number of amides is 3. The van der Waals surface area contributed by atoms with Crippen molar-refractivity contribution in [3.8, 4) is 0 Å². The van der Waals surface area contributed by atoms with Crippen LogP contribution in [-0.2, 0) is 41.8 Å². The van der Waals surface area contributed by atoms with Crippen LogP contribution in [0.4, 0.5) is 10.7 Å². The number of hydrogen-bond acceptors (Lipinski definition) is 9. The van der Waals surface area contributed by atoms with Crippen LogP contribution in [0.15, 0.2) is 72.8 Å². The summed E-state index contributed by atoms with van der Waals surface area (Å²) in [4.78, 5) is 68.3. The van der Waals surface area contributed by atoms with Gasteiger partial charge in [-0.1, -0.05) is 76.2 Å². The number of aliphatic carboxylic acids is 1. The Labute approximate surface area is 374 Å². The molecular formula is C47H56MgN4O7S. The number of nitrogens with zero attached hydrogens (tertiary/aromatic N) is 2. The number of rotatable bonds is 20. The van der Waals surface area contributed by atoms with E-state index in [2.05, 4.69) is 29.4 Å². The molecule has 0 unspecified atom stereocenters. The van der Waals surface area contributed by atoms with Crippen molar-refractivity contribution in [3.63, 3.8) is 0 Å². The third kappa shape index (κ3) is 13.0. The van der Waals surface area contributed by atoms with Gasteiger partial charge < -0.3 is 35.3 Å². The number of hydrogen-bond donors (Lipinski definition) is 2. The number of anilines is 2. The standard InChI is InChI=1S/C47H58N4O7S.Mg/c1-6-37(7-2)51(28-27-50(5)40(52)25-26-47(3,4)46(57)58)30-33-11-10-12-35(29-33)42(53)49-44-41(38-13-8-9-14-39(38)59-44)43(54)48-36-23-19-32(20-24-36)16-15-31-17-21-34(22-18-31)45(55)56;/h10-12,17-24,29,37H,6-9,13-16,25-28,30H2,1-5H3,(H,48,54)(H,49,53)(H,55,56)(H,57,58);/q;+2/p-2. The number of aryl methyl sites for hydroxylation is 3. The third-order valence-corrected chi connectivity index (χ3v) is 12.6. The van der Waals surface area contributed by atoms with Crippen molar-refractivity contribution in [2.75, 3.05) is 30.8 Å². The van der Waals surface area contributed by atoms with Gasteiger partial charge in [0.1, 0.15) is 5.00 Å². The quantitative estimate of drug-likeness (QED) is 0.104. The monoisotopic (exact) mass is 844 g/mol. The molecule has 1 heterocycles. The van der Waals surface area contributed by atoms with Gasteiger partial charge in [-0.25, -0.2) is 0 Å². The van der Waals surface area contributed by atoms with Crippen molar-refractivity contribution in [2.24, 2.45) is 5.41 Å². The molecule has 1 aromatic heterocycles. The SMILES string of the molecule is CCC(CC)N(CCN(C)C(=O)CCC(C)(C)C(=O)[O-])Cc1cccc(C(=O)Nc2sc3c(c2C(=O)Nc2ccc(CCc4ccc(C(=O)[O-])cc4)cc2)CCCC3)c1.[Mg+2]. The molecule has 2 N–H and O–H groups in total. The van der Waals surface area contributed by atoms with E-state index in [-0.39, 0.29) is 65.2 Å². The summed E-state index contributed by atoms with van der Waals surface area (Å²) in [5.74, 6) is -3.03. The second-order valence-electron chi connectivity index (χ2n) is 16.1. The van der Waals surface area contributed by atoms with E-state index in [1.165, 1.54) is 11.3 Å². The largest absolute Gasteiger partial charge is 2.00 e. The molecule has 314 valence electrons. The van der Waals surface area contributed by atoms with Gasteiger partial charge in [0.2, 0.25) is 5.91 Å². The first kappa shape index (κ1) is 48.1. The van der Waals surface area contributed by atoms with Crippen LogP contribution in [0.3, 0.4) is 0 Å². The summed E-state index contributed by atoms with van der Waals surface area (Å²) >= 11 is 1.47. The zero-order chi connectivity index (χ0) is 42.7. The van der Waals surface area contributed by atoms with Crippen LogP contribution in [0.1, 0.15) is 124 Å². The molecule has 0 saturated carbocycles. The molecule has 0 aliphatic heterocycles. The number of carboxylic acid groups (broad SMARTS) is 2. The van der Waals surface area contributed by atoms with Gasteiger partial charge >= 0.3 is 23.1 Å². The predicted molar refractivity (Wildman–Crippen MR) is 234 cm³/mol. The van der Waals surface area contributed by atoms with Gasteiger partial charge in [-0.05, 0) is 110 Å². The maximum absolute atomic E-state index is 14.0. The summed E-state index contributed by atoms with van der Waals surface area (Å²) in [5, 5.41) is 29.2. The number of carbonyl (C=O) groups is 5. The van der Waals surface area contributed by atoms with E-state index < -0.39 is 17.4 Å². The molecule has 3 amide bonds. The number of carboxylic acids is 2. The van der Waals surface area contributed by atoms with E-state index in [4.69, 9.17) is 0 Å². The first-order chi connectivity index (χ1) is 28.2. The number of thiophene rings is 1. The van der Waals surface area contributed by atoms with E-state index >= 15 is 0 Å². The Morgan fingerprint density at radius 2 is 1.42 bits per heavy atom. The third-order valence-electron chi connectivity index (χ3n) is 11.4. The van der Waals surface area contributed by atoms with Crippen molar-refractivity contribution >= 4 is 74.7 Å². The number of carbonyl (C=O) groups excluding carboxylic acids is 5. The molecule has 0 fully saturated rings. The summed E-state index contributed by atoms with van der Waals surface area (Å²) in [6, 6.07) is 22.1. The molecule has 0 spiro atoms. The van der Waals surface area contributed by atoms with Crippen molar-refractivity contribution in [1.82, 2.24) is 9.80 Å². The summed E-state index contributed by atoms with van der Waals surface area (Å²) < 4.78 is 0. The fourth-order valence-electron chi connectivity index (χ4n) is 7.47. The molecule has 1 aliphatic rings. The average molecular weight is 845 g/mol. The molecule has 3 aromatic carbocycles. The van der Waals surface area contributed by atoms with Crippen LogP contribution in [0.5, 0.6) is 0 Å². The minimum atomic E-state index is -1.20. The molecule has 11 nitrogen and oxygen atoms in total. The summed E-state index contributed by atoms with van der Waals surface area (Å²) in [6.45, 7) is 9.08. The van der Waals surface area contributed by atoms with Gasteiger partial charge in [0.05, 0.1) is 11.5 Å². The zero-order valence-electron chi connectivity index (χ0n) is 35.6. The van der Waals surface area contributed by atoms with Gasteiger partial charge in [-0.2, -0.15) is 0 Å². The van der Waals surface area contributed by atoms with Crippen LogP contribution in [-0.4, -0.2) is 88.7 Å². The first-order valence-corrected chi connectivity index (χ1v) is 21.5. The van der Waals surface area contributed by atoms with Crippen LogP contribution in [0.2, 0.25) is 0 Å². The van der Waals surface area contributed by atoms with Crippen LogP contribution < -0.4 is 20.8 Å². The smallest absolute Gasteiger partial charge is 0.550 e. The normalized spacial score (nSPS) is 12.4. The van der Waals surface area contributed by atoms with Crippen LogP contribution in [0, 0.1) is 5.41 Å². The summed E-state index contributed by atoms with van der Waals surface area (Å²) in [6.07, 6.45) is 7.27. The minimum Gasteiger partial charge on any atom is -0.550 e. The maximum Gasteiger partial charge on any atom is 2.00 e. The Hall–Kier alpha value is -4.56. The number of benzene rings is 3. The van der Waals surface area contributed by atoms with Crippen molar-refractivity contribution in [3.05, 3.63) is 117 Å². The van der Waals surface area contributed by atoms with E-state index in [0.29, 0.717) is 41.4 Å². The average Bonchev–Trinajstić information content (AvgIpc) is 3.60. The van der Waals surface area contributed by atoms with Crippen LogP contribution >= 0.6 is 11.3 Å². The second-order valence-corrected chi connectivity index (χ2v) is 17.2. The van der Waals surface area contributed by atoms with Crippen molar-refractivity contribution in [2.45, 2.75) is 104 Å². The molecule has 4 aromatic rings. The predicted octanol–water partition coefficient (Wildman–Crippen LogP) is 5.90. The Bertz CT molecular complexity index is 2110. The van der Waals surface area contributed by atoms with Gasteiger partial charge in [-0.15, -0.1) is 11.3 Å². The zero-order valence-corrected chi connectivity index (χ0v) is 37.8. The number of fused-ring (bicyclic) bond motifs is 1. The molecule has 1 aliphatic carbocycles. The van der Waals surface area contributed by atoms with E-state index in [1.54, 1.807) is 56.1 Å². The second kappa shape index (κ2) is 22.3. The van der Waals surface area contributed by atoms with Crippen LogP contribution in [0.25, 0.3) is 0 Å². The fourth-order valence-corrected chi connectivity index (χ4v) is 8.75. The Morgan fingerprint density at radius 3 is 2.03 bits per heavy atom. The fraction of sp³-hybridized carbons (Fsp3) is 0.426. The summed E-state index contributed by atoms with van der Waals surface area (Å²) in [5.41, 5.74) is 4.76. The van der Waals surface area contributed by atoms with E-state index in [0.717, 1.165) is 78.5 Å². The number of likely N-dealkylation sites (N-methyl/N-ethyl adjacent to an activating group) is 1. The molecule has 0 atom stereocenters. The van der Waals surface area contributed by atoms with Gasteiger partial charge in [0, 0.05) is 66.7 Å². The Balaban J connectivity index is 0.00000794. The molecular weight excluding hydrogens is 789 g/mol. The molecule has 0 radical (unpaired) electrons.